The first-order valence-corrected chi connectivity index (χ1v) is 5.97. The number of rotatable bonds is 3. The first-order valence-electron chi connectivity index (χ1n) is 5.60. The number of benzene rings is 2. The molecule has 0 atom stereocenters. The molecule has 2 rings (SSSR count). The lowest BCUT2D eigenvalue weighted by Crippen LogP contribution is -2.01. The summed E-state index contributed by atoms with van der Waals surface area (Å²) in [5.74, 6) is 0.00940. The quantitative estimate of drug-likeness (QED) is 0.742. The van der Waals surface area contributed by atoms with Gasteiger partial charge in [-0.3, -0.25) is 4.79 Å². The molecule has 2 aromatic rings. The van der Waals surface area contributed by atoms with Crippen molar-refractivity contribution < 1.29 is 4.79 Å². The van der Waals surface area contributed by atoms with E-state index in [1.54, 1.807) is 24.3 Å². The normalized spacial score (nSPS) is 10.2. The summed E-state index contributed by atoms with van der Waals surface area (Å²) in [7, 11) is 0. The van der Waals surface area contributed by atoms with Crippen LogP contribution in [0.4, 0.5) is 0 Å². The fourth-order valence-electron chi connectivity index (χ4n) is 1.69. The van der Waals surface area contributed by atoms with Crippen molar-refractivity contribution in [2.75, 3.05) is 0 Å². The maximum absolute atomic E-state index is 12.1. The molecule has 2 aromatic carbocycles. The average Bonchev–Trinajstić information content (AvgIpc) is 2.38. The molecule has 0 heterocycles. The molecule has 1 nitrogen and oxygen atoms in total. The van der Waals surface area contributed by atoms with E-state index in [4.69, 9.17) is 11.6 Å². The van der Waals surface area contributed by atoms with Crippen LogP contribution in [0.25, 0.3) is 0 Å². The van der Waals surface area contributed by atoms with Crippen LogP contribution in [0.5, 0.6) is 0 Å². The van der Waals surface area contributed by atoms with Crippen LogP contribution < -0.4 is 0 Å². The number of ketones is 1. The molecule has 2 heteroatoms. The Hall–Kier alpha value is -1.60. The zero-order chi connectivity index (χ0) is 12.3. The van der Waals surface area contributed by atoms with Gasteiger partial charge in [0.1, 0.15) is 0 Å². The Morgan fingerprint density at radius 1 is 1.06 bits per heavy atom. The highest BCUT2D eigenvalue weighted by Gasteiger charge is 2.08. The number of carbonyl (C=O) groups excluding carboxylic acids is 1. The van der Waals surface area contributed by atoms with Gasteiger partial charge in [0.05, 0.1) is 0 Å². The van der Waals surface area contributed by atoms with Crippen LogP contribution in [0.2, 0.25) is 5.02 Å². The molecular weight excluding hydrogens is 232 g/mol. The second kappa shape index (κ2) is 5.15. The molecule has 0 aliphatic carbocycles. The van der Waals surface area contributed by atoms with Gasteiger partial charge in [0.2, 0.25) is 0 Å². The molecule has 86 valence electrons. The minimum atomic E-state index is 0.00940. The molecule has 0 amide bonds. The molecule has 0 unspecified atom stereocenters. The van der Waals surface area contributed by atoms with E-state index >= 15 is 0 Å². The van der Waals surface area contributed by atoms with Gasteiger partial charge in [0, 0.05) is 16.1 Å². The van der Waals surface area contributed by atoms with Gasteiger partial charge in [0.25, 0.3) is 0 Å². The number of carbonyl (C=O) groups is 1. The SMILES string of the molecule is CCc1ccc(C(=O)c2cccc(Cl)c2)cc1. The standard InChI is InChI=1S/C15H13ClO/c1-2-11-6-8-12(9-7-11)15(17)13-4-3-5-14(16)10-13/h3-10H,2H2,1H3. The minimum absolute atomic E-state index is 0.00940. The maximum Gasteiger partial charge on any atom is 0.193 e. The van der Waals surface area contributed by atoms with Crippen LogP contribution in [0.3, 0.4) is 0 Å². The molecule has 0 saturated carbocycles. The molecule has 0 spiro atoms. The largest absolute Gasteiger partial charge is 0.289 e. The Bertz CT molecular complexity index is 529. The van der Waals surface area contributed by atoms with Crippen molar-refractivity contribution in [3.05, 3.63) is 70.2 Å². The average molecular weight is 245 g/mol. The van der Waals surface area contributed by atoms with Crippen LogP contribution in [-0.4, -0.2) is 5.78 Å². The van der Waals surface area contributed by atoms with Gasteiger partial charge in [-0.1, -0.05) is 54.9 Å². The van der Waals surface area contributed by atoms with E-state index in [-0.39, 0.29) is 5.78 Å². The summed E-state index contributed by atoms with van der Waals surface area (Å²) in [6.45, 7) is 2.09. The van der Waals surface area contributed by atoms with E-state index in [2.05, 4.69) is 6.92 Å². The third kappa shape index (κ3) is 2.75. The Balaban J connectivity index is 2.30. The van der Waals surface area contributed by atoms with Gasteiger partial charge in [-0.2, -0.15) is 0 Å². The third-order valence-electron chi connectivity index (χ3n) is 2.71. The molecule has 0 aromatic heterocycles. The summed E-state index contributed by atoms with van der Waals surface area (Å²) >= 11 is 5.87. The lowest BCUT2D eigenvalue weighted by atomic mass is 10.0. The third-order valence-corrected chi connectivity index (χ3v) is 2.95. The first-order chi connectivity index (χ1) is 8.20. The Labute approximate surface area is 106 Å². The zero-order valence-corrected chi connectivity index (χ0v) is 10.4. The van der Waals surface area contributed by atoms with Gasteiger partial charge >= 0.3 is 0 Å². The van der Waals surface area contributed by atoms with E-state index in [1.807, 2.05) is 24.3 Å². The van der Waals surface area contributed by atoms with Crippen molar-refractivity contribution in [3.63, 3.8) is 0 Å². The second-order valence-electron chi connectivity index (χ2n) is 3.89. The van der Waals surface area contributed by atoms with Crippen LogP contribution in [-0.2, 0) is 6.42 Å². The van der Waals surface area contributed by atoms with Gasteiger partial charge in [-0.15, -0.1) is 0 Å². The highest BCUT2D eigenvalue weighted by molar-refractivity contribution is 6.31. The maximum atomic E-state index is 12.1. The lowest BCUT2D eigenvalue weighted by molar-refractivity contribution is 0.103. The van der Waals surface area contributed by atoms with Crippen LogP contribution >= 0.6 is 11.6 Å². The zero-order valence-electron chi connectivity index (χ0n) is 9.61. The number of hydrogen-bond acceptors (Lipinski definition) is 1. The van der Waals surface area contributed by atoms with E-state index in [1.165, 1.54) is 5.56 Å². The van der Waals surface area contributed by atoms with E-state index in [0.29, 0.717) is 16.1 Å². The molecule has 0 fully saturated rings. The van der Waals surface area contributed by atoms with E-state index in [0.717, 1.165) is 6.42 Å². The summed E-state index contributed by atoms with van der Waals surface area (Å²) in [6, 6.07) is 14.7. The van der Waals surface area contributed by atoms with Crippen molar-refractivity contribution in [1.29, 1.82) is 0 Å². The van der Waals surface area contributed by atoms with Crippen molar-refractivity contribution >= 4 is 17.4 Å². The number of halogens is 1. The molecule has 0 N–H and O–H groups in total. The highest BCUT2D eigenvalue weighted by atomic mass is 35.5. The fraction of sp³-hybridized carbons (Fsp3) is 0.133. The monoisotopic (exact) mass is 244 g/mol. The smallest absolute Gasteiger partial charge is 0.193 e. The highest BCUT2D eigenvalue weighted by Crippen LogP contribution is 2.15. The Morgan fingerprint density at radius 2 is 1.76 bits per heavy atom. The van der Waals surface area contributed by atoms with Gasteiger partial charge < -0.3 is 0 Å². The summed E-state index contributed by atoms with van der Waals surface area (Å²) in [5, 5.41) is 0.584. The molecule has 0 radical (unpaired) electrons. The Morgan fingerprint density at radius 3 is 2.35 bits per heavy atom. The van der Waals surface area contributed by atoms with Gasteiger partial charge in [-0.25, -0.2) is 0 Å². The van der Waals surface area contributed by atoms with E-state index < -0.39 is 0 Å². The second-order valence-corrected chi connectivity index (χ2v) is 4.33. The predicted molar refractivity (Wildman–Crippen MR) is 70.7 cm³/mol. The molecular formula is C15H13ClO. The van der Waals surface area contributed by atoms with Crippen molar-refractivity contribution in [2.45, 2.75) is 13.3 Å². The van der Waals surface area contributed by atoms with Crippen LogP contribution in [0, 0.1) is 0 Å². The van der Waals surface area contributed by atoms with Crippen molar-refractivity contribution in [2.24, 2.45) is 0 Å². The molecule has 0 saturated heterocycles. The topological polar surface area (TPSA) is 17.1 Å². The number of hydrogen-bond donors (Lipinski definition) is 0. The summed E-state index contributed by atoms with van der Waals surface area (Å²) in [5.41, 5.74) is 2.55. The van der Waals surface area contributed by atoms with Crippen molar-refractivity contribution in [1.82, 2.24) is 0 Å². The minimum Gasteiger partial charge on any atom is -0.289 e. The summed E-state index contributed by atoms with van der Waals surface area (Å²) in [4.78, 5) is 12.1. The molecule has 0 aliphatic heterocycles. The number of aryl methyl sites for hydroxylation is 1. The fourth-order valence-corrected chi connectivity index (χ4v) is 1.88. The summed E-state index contributed by atoms with van der Waals surface area (Å²) < 4.78 is 0. The lowest BCUT2D eigenvalue weighted by Gasteiger charge is -2.03. The van der Waals surface area contributed by atoms with Crippen molar-refractivity contribution in [3.8, 4) is 0 Å². The predicted octanol–water partition coefficient (Wildman–Crippen LogP) is 4.13. The molecule has 0 aliphatic rings. The first kappa shape index (κ1) is 11.9. The molecule has 0 bridgehead atoms. The van der Waals surface area contributed by atoms with Crippen LogP contribution in [0.1, 0.15) is 28.4 Å². The van der Waals surface area contributed by atoms with Gasteiger partial charge in [-0.05, 0) is 24.1 Å². The summed E-state index contributed by atoms with van der Waals surface area (Å²) in [6.07, 6.45) is 0.978. The molecule has 17 heavy (non-hydrogen) atoms. The van der Waals surface area contributed by atoms with Gasteiger partial charge in [0.15, 0.2) is 5.78 Å². The van der Waals surface area contributed by atoms with Crippen LogP contribution in [0.15, 0.2) is 48.5 Å². The van der Waals surface area contributed by atoms with E-state index in [9.17, 15) is 4.79 Å². The Kier molecular flexibility index (Phi) is 3.60.